The van der Waals surface area contributed by atoms with Gasteiger partial charge < -0.3 is 4.79 Å². The van der Waals surface area contributed by atoms with Gasteiger partial charge in [0.25, 0.3) is 0 Å². The van der Waals surface area contributed by atoms with Gasteiger partial charge in [-0.3, -0.25) is 0 Å². The van der Waals surface area contributed by atoms with Crippen molar-refractivity contribution in [2.75, 3.05) is 0 Å². The van der Waals surface area contributed by atoms with Crippen LogP contribution in [0.5, 0.6) is 0 Å². The minimum Gasteiger partial charge on any atom is -0.303 e. The monoisotopic (exact) mass is 174 g/mol. The highest BCUT2D eigenvalue weighted by atomic mass is 32.1. The topological polar surface area (TPSA) is 17.1 Å². The highest BCUT2D eigenvalue weighted by molar-refractivity contribution is 7.81. The second-order valence-corrected chi connectivity index (χ2v) is 5.68. The lowest BCUT2D eigenvalue weighted by molar-refractivity contribution is -0.108. The molecule has 0 aliphatic heterocycles. The van der Waals surface area contributed by atoms with E-state index < -0.39 is 0 Å². The molecule has 0 fully saturated rings. The van der Waals surface area contributed by atoms with Crippen LogP contribution < -0.4 is 0 Å². The molecule has 11 heavy (non-hydrogen) atoms. The number of hydrogen-bond acceptors (Lipinski definition) is 2. The van der Waals surface area contributed by atoms with Crippen LogP contribution in [-0.4, -0.2) is 11.0 Å². The Morgan fingerprint density at radius 2 is 1.73 bits per heavy atom. The van der Waals surface area contributed by atoms with Crippen molar-refractivity contribution in [3.8, 4) is 0 Å². The molecular weight excluding hydrogens is 156 g/mol. The number of thiol groups is 1. The zero-order valence-electron chi connectivity index (χ0n) is 7.85. The zero-order chi connectivity index (χ0) is 9.12. The molecule has 0 radical (unpaired) electrons. The van der Waals surface area contributed by atoms with Gasteiger partial charge in [0.1, 0.15) is 6.29 Å². The van der Waals surface area contributed by atoms with Gasteiger partial charge >= 0.3 is 0 Å². The van der Waals surface area contributed by atoms with E-state index in [1.807, 2.05) is 6.92 Å². The molecule has 0 aromatic rings. The second-order valence-electron chi connectivity index (χ2n) is 4.61. The Kier molecular flexibility index (Phi) is 3.62. The SMILES string of the molecule is CC(C)(C)CC(C)(S)CC=O. The highest BCUT2D eigenvalue weighted by Gasteiger charge is 2.25. The quantitative estimate of drug-likeness (QED) is 0.514. The van der Waals surface area contributed by atoms with Crippen LogP contribution in [0.1, 0.15) is 40.5 Å². The van der Waals surface area contributed by atoms with Crippen molar-refractivity contribution in [3.05, 3.63) is 0 Å². The zero-order valence-corrected chi connectivity index (χ0v) is 8.74. The number of carbonyl (C=O) groups excluding carboxylic acids is 1. The summed E-state index contributed by atoms with van der Waals surface area (Å²) in [5, 5.41) is 0. The molecule has 0 aliphatic rings. The van der Waals surface area contributed by atoms with E-state index in [0.29, 0.717) is 6.42 Å². The third kappa shape index (κ3) is 6.42. The fourth-order valence-corrected chi connectivity index (χ4v) is 1.94. The van der Waals surface area contributed by atoms with Gasteiger partial charge in [0.2, 0.25) is 0 Å². The van der Waals surface area contributed by atoms with Gasteiger partial charge in [-0.05, 0) is 11.8 Å². The molecule has 0 aromatic heterocycles. The van der Waals surface area contributed by atoms with Gasteiger partial charge in [0.15, 0.2) is 0 Å². The van der Waals surface area contributed by atoms with E-state index in [0.717, 1.165) is 12.7 Å². The summed E-state index contributed by atoms with van der Waals surface area (Å²) in [7, 11) is 0. The van der Waals surface area contributed by atoms with Crippen molar-refractivity contribution in [3.63, 3.8) is 0 Å². The summed E-state index contributed by atoms with van der Waals surface area (Å²) in [5.74, 6) is 0. The van der Waals surface area contributed by atoms with Crippen molar-refractivity contribution in [1.82, 2.24) is 0 Å². The van der Waals surface area contributed by atoms with E-state index in [2.05, 4.69) is 33.4 Å². The molecule has 0 rings (SSSR count). The molecule has 0 aliphatic carbocycles. The summed E-state index contributed by atoms with van der Waals surface area (Å²) in [6.45, 7) is 8.49. The highest BCUT2D eigenvalue weighted by Crippen LogP contribution is 2.33. The molecule has 0 heterocycles. The molecule has 1 unspecified atom stereocenters. The van der Waals surface area contributed by atoms with E-state index in [1.54, 1.807) is 0 Å². The third-order valence-electron chi connectivity index (χ3n) is 1.43. The maximum atomic E-state index is 10.3. The van der Waals surface area contributed by atoms with Crippen molar-refractivity contribution < 1.29 is 4.79 Å². The maximum absolute atomic E-state index is 10.3. The van der Waals surface area contributed by atoms with Crippen molar-refractivity contribution in [2.45, 2.75) is 45.3 Å². The van der Waals surface area contributed by atoms with Crippen LogP contribution in [0.4, 0.5) is 0 Å². The van der Waals surface area contributed by atoms with Crippen LogP contribution in [-0.2, 0) is 4.79 Å². The Bertz CT molecular complexity index is 133. The standard InChI is InChI=1S/C9H18OS/c1-8(2,3)7-9(4,11)5-6-10/h6,11H,5,7H2,1-4H3. The summed E-state index contributed by atoms with van der Waals surface area (Å²) >= 11 is 4.43. The largest absolute Gasteiger partial charge is 0.303 e. The Labute approximate surface area is 75.0 Å². The molecule has 1 atom stereocenters. The fraction of sp³-hybridized carbons (Fsp3) is 0.889. The maximum Gasteiger partial charge on any atom is 0.121 e. The molecule has 0 amide bonds. The molecule has 0 bridgehead atoms. The van der Waals surface area contributed by atoms with Crippen LogP contribution in [0.25, 0.3) is 0 Å². The minimum absolute atomic E-state index is 0.139. The predicted octanol–water partition coefficient (Wildman–Crippen LogP) is 2.70. The average molecular weight is 174 g/mol. The first-order chi connectivity index (χ1) is 4.77. The summed E-state index contributed by atoms with van der Waals surface area (Å²) in [5.41, 5.74) is 0.250. The second kappa shape index (κ2) is 3.61. The van der Waals surface area contributed by atoms with Crippen LogP contribution in [0.3, 0.4) is 0 Å². The fourth-order valence-electron chi connectivity index (χ4n) is 1.39. The lowest BCUT2D eigenvalue weighted by Gasteiger charge is -2.29. The smallest absolute Gasteiger partial charge is 0.121 e. The van der Waals surface area contributed by atoms with Crippen LogP contribution in [0, 0.1) is 5.41 Å². The van der Waals surface area contributed by atoms with Gasteiger partial charge in [-0.2, -0.15) is 12.6 Å². The Morgan fingerprint density at radius 3 is 2.00 bits per heavy atom. The van der Waals surface area contributed by atoms with Crippen LogP contribution >= 0.6 is 12.6 Å². The molecular formula is C9H18OS. The van der Waals surface area contributed by atoms with Gasteiger partial charge in [-0.25, -0.2) is 0 Å². The molecule has 0 saturated heterocycles. The van der Waals surface area contributed by atoms with Crippen LogP contribution in [0.15, 0.2) is 0 Å². The van der Waals surface area contributed by atoms with Gasteiger partial charge in [0, 0.05) is 11.2 Å². The Balaban J connectivity index is 4.00. The number of rotatable bonds is 3. The van der Waals surface area contributed by atoms with Crippen LogP contribution in [0.2, 0.25) is 0 Å². The summed E-state index contributed by atoms with van der Waals surface area (Å²) in [6, 6.07) is 0. The number of carbonyl (C=O) groups is 1. The van der Waals surface area contributed by atoms with Gasteiger partial charge in [-0.1, -0.05) is 27.7 Å². The summed E-state index contributed by atoms with van der Waals surface area (Å²) < 4.78 is -0.139. The van der Waals surface area contributed by atoms with E-state index in [1.165, 1.54) is 0 Å². The first-order valence-electron chi connectivity index (χ1n) is 3.93. The molecule has 0 aromatic carbocycles. The summed E-state index contributed by atoms with van der Waals surface area (Å²) in [4.78, 5) is 10.3. The molecule has 0 saturated carbocycles. The lowest BCUT2D eigenvalue weighted by Crippen LogP contribution is -2.24. The predicted molar refractivity (Wildman–Crippen MR) is 52.1 cm³/mol. The summed E-state index contributed by atoms with van der Waals surface area (Å²) in [6.07, 6.45) is 2.44. The molecule has 0 N–H and O–H groups in total. The van der Waals surface area contributed by atoms with Crippen molar-refractivity contribution in [1.29, 1.82) is 0 Å². The molecule has 0 spiro atoms. The molecule has 66 valence electrons. The lowest BCUT2D eigenvalue weighted by atomic mass is 9.84. The van der Waals surface area contributed by atoms with Crippen molar-refractivity contribution >= 4 is 18.9 Å². The average Bonchev–Trinajstić information content (AvgIpc) is 1.55. The molecule has 2 heteroatoms. The normalized spacial score (nSPS) is 17.5. The van der Waals surface area contributed by atoms with Gasteiger partial charge in [0.05, 0.1) is 0 Å². The number of aldehydes is 1. The van der Waals surface area contributed by atoms with E-state index in [9.17, 15) is 4.79 Å². The van der Waals surface area contributed by atoms with E-state index >= 15 is 0 Å². The van der Waals surface area contributed by atoms with E-state index in [4.69, 9.17) is 0 Å². The minimum atomic E-state index is -0.139. The number of hydrogen-bond donors (Lipinski definition) is 1. The first kappa shape index (κ1) is 11.0. The first-order valence-corrected chi connectivity index (χ1v) is 4.38. The van der Waals surface area contributed by atoms with Gasteiger partial charge in [-0.15, -0.1) is 0 Å². The Hall–Kier alpha value is 0.0200. The third-order valence-corrected chi connectivity index (χ3v) is 1.77. The van der Waals surface area contributed by atoms with Crippen molar-refractivity contribution in [2.24, 2.45) is 5.41 Å². The van der Waals surface area contributed by atoms with E-state index in [-0.39, 0.29) is 10.2 Å². The Morgan fingerprint density at radius 1 is 1.27 bits per heavy atom. The molecule has 1 nitrogen and oxygen atoms in total.